The number of fused-ring (bicyclic) bond motifs is 1. The first-order valence-corrected chi connectivity index (χ1v) is 11.6. The van der Waals surface area contributed by atoms with E-state index in [1.54, 1.807) is 24.3 Å². The van der Waals surface area contributed by atoms with Crippen molar-refractivity contribution in [3.63, 3.8) is 0 Å². The molecule has 34 heavy (non-hydrogen) atoms. The zero-order valence-corrected chi connectivity index (χ0v) is 18.7. The van der Waals surface area contributed by atoms with Crippen LogP contribution in [0, 0.1) is 0 Å². The number of alkyl halides is 3. The number of rotatable bonds is 5. The second-order valence-corrected chi connectivity index (χ2v) is 9.67. The van der Waals surface area contributed by atoms with Crippen molar-refractivity contribution in [3.05, 3.63) is 76.5 Å². The van der Waals surface area contributed by atoms with Crippen LogP contribution in [-0.2, 0) is 16.0 Å². The molecule has 0 atom stereocenters. The topological polar surface area (TPSA) is 103 Å². The van der Waals surface area contributed by atoms with Gasteiger partial charge in [-0.05, 0) is 30.7 Å². The van der Waals surface area contributed by atoms with Gasteiger partial charge in [-0.2, -0.15) is 17.9 Å². The fourth-order valence-corrected chi connectivity index (χ4v) is 4.35. The van der Waals surface area contributed by atoms with E-state index in [1.165, 1.54) is 26.1 Å². The predicted molar refractivity (Wildman–Crippen MR) is 117 cm³/mol. The average molecular weight is 490 g/mol. The summed E-state index contributed by atoms with van der Waals surface area (Å²) in [6.07, 6.45) is -2.76. The van der Waals surface area contributed by atoms with Crippen LogP contribution in [0.4, 0.5) is 13.2 Å². The molecular formula is C22H17F3N4O4S. The molecule has 0 bridgehead atoms. The summed E-state index contributed by atoms with van der Waals surface area (Å²) < 4.78 is 66.2. The Morgan fingerprint density at radius 1 is 1.06 bits per heavy atom. The third-order valence-corrected chi connectivity index (χ3v) is 6.95. The Kier molecular flexibility index (Phi) is 5.64. The highest BCUT2D eigenvalue weighted by molar-refractivity contribution is 7.91. The van der Waals surface area contributed by atoms with Gasteiger partial charge in [-0.3, -0.25) is 4.79 Å². The van der Waals surface area contributed by atoms with Crippen molar-refractivity contribution in [2.45, 2.75) is 24.9 Å². The van der Waals surface area contributed by atoms with Crippen LogP contribution in [-0.4, -0.2) is 39.1 Å². The van der Waals surface area contributed by atoms with Gasteiger partial charge in [0.2, 0.25) is 0 Å². The largest absolute Gasteiger partial charge is 0.417 e. The molecule has 0 saturated carbocycles. The lowest BCUT2D eigenvalue weighted by Gasteiger charge is -2.10. The third-order valence-electron chi connectivity index (χ3n) is 5.22. The number of sulfone groups is 1. The Balaban J connectivity index is 1.91. The van der Waals surface area contributed by atoms with E-state index < -0.39 is 27.3 Å². The quantitative estimate of drug-likeness (QED) is 0.397. The van der Waals surface area contributed by atoms with Crippen LogP contribution in [0.25, 0.3) is 22.6 Å². The van der Waals surface area contributed by atoms with E-state index in [0.29, 0.717) is 32.0 Å². The van der Waals surface area contributed by atoms with Gasteiger partial charge in [-0.1, -0.05) is 31.2 Å². The standard InChI is InChI=1S/C22H17F3N4O4S/c1-3-34(32,33)18-10-16(15-6-4-14(5-7-15)13(2)30)11-26-20(18)29-21(31)28-12-17(22(23,24)25)8-9-19(28)27-29/h4-12H,3H2,1-2H3. The van der Waals surface area contributed by atoms with Crippen LogP contribution in [0.3, 0.4) is 0 Å². The molecule has 0 N–H and O–H groups in total. The molecule has 4 rings (SSSR count). The normalized spacial score (nSPS) is 12.3. The van der Waals surface area contributed by atoms with Crippen LogP contribution >= 0.6 is 0 Å². The summed E-state index contributed by atoms with van der Waals surface area (Å²) in [5.41, 5.74) is -0.705. The summed E-state index contributed by atoms with van der Waals surface area (Å²) in [6.45, 7) is 2.83. The Labute approximate surface area is 191 Å². The van der Waals surface area contributed by atoms with Crippen LogP contribution in [0.2, 0.25) is 0 Å². The van der Waals surface area contributed by atoms with E-state index in [4.69, 9.17) is 0 Å². The number of hydrogen-bond donors (Lipinski definition) is 0. The van der Waals surface area contributed by atoms with E-state index >= 15 is 0 Å². The molecule has 176 valence electrons. The molecule has 0 aliphatic rings. The maximum atomic E-state index is 13.1. The molecule has 1 aromatic carbocycles. The fourth-order valence-electron chi connectivity index (χ4n) is 3.32. The lowest BCUT2D eigenvalue weighted by Crippen LogP contribution is -2.23. The summed E-state index contributed by atoms with van der Waals surface area (Å²) in [6, 6.07) is 9.55. The molecule has 12 heteroatoms. The first-order chi connectivity index (χ1) is 15.9. The summed E-state index contributed by atoms with van der Waals surface area (Å²) in [7, 11) is -3.92. The molecule has 0 saturated heterocycles. The molecule has 0 aliphatic carbocycles. The van der Waals surface area contributed by atoms with Crippen molar-refractivity contribution < 1.29 is 26.4 Å². The Bertz CT molecular complexity index is 1590. The molecule has 3 heterocycles. The van der Waals surface area contributed by atoms with Crippen LogP contribution < -0.4 is 5.69 Å². The van der Waals surface area contributed by atoms with Gasteiger partial charge in [0.05, 0.1) is 11.3 Å². The second-order valence-electron chi connectivity index (χ2n) is 7.42. The van der Waals surface area contributed by atoms with Gasteiger partial charge in [-0.15, -0.1) is 5.10 Å². The summed E-state index contributed by atoms with van der Waals surface area (Å²) in [4.78, 5) is 28.2. The van der Waals surface area contributed by atoms with Crippen molar-refractivity contribution >= 4 is 21.3 Å². The van der Waals surface area contributed by atoms with Crippen LogP contribution in [0.5, 0.6) is 0 Å². The van der Waals surface area contributed by atoms with Gasteiger partial charge < -0.3 is 0 Å². The van der Waals surface area contributed by atoms with E-state index in [-0.39, 0.29) is 27.9 Å². The van der Waals surface area contributed by atoms with E-state index in [0.717, 1.165) is 12.1 Å². The Morgan fingerprint density at radius 3 is 2.32 bits per heavy atom. The zero-order chi connectivity index (χ0) is 24.8. The van der Waals surface area contributed by atoms with E-state index in [9.17, 15) is 31.2 Å². The molecule has 0 radical (unpaired) electrons. The van der Waals surface area contributed by atoms with E-state index in [1.807, 2.05) is 0 Å². The minimum absolute atomic E-state index is 0.108. The smallest absolute Gasteiger partial charge is 0.295 e. The molecule has 8 nitrogen and oxygen atoms in total. The lowest BCUT2D eigenvalue weighted by molar-refractivity contribution is -0.137. The number of hydrogen-bond acceptors (Lipinski definition) is 6. The van der Waals surface area contributed by atoms with Gasteiger partial charge in [0.25, 0.3) is 0 Å². The fraction of sp³-hybridized carbons (Fsp3) is 0.182. The van der Waals surface area contributed by atoms with Crippen molar-refractivity contribution in [1.29, 1.82) is 0 Å². The molecule has 0 spiro atoms. The maximum Gasteiger partial charge on any atom is 0.417 e. The molecule has 0 unspecified atom stereocenters. The minimum atomic E-state index is -4.68. The molecule has 4 aromatic rings. The van der Waals surface area contributed by atoms with Gasteiger partial charge in [0.15, 0.2) is 27.1 Å². The zero-order valence-electron chi connectivity index (χ0n) is 17.9. The Morgan fingerprint density at radius 2 is 1.74 bits per heavy atom. The predicted octanol–water partition coefficient (Wildman–Crippen LogP) is 3.56. The van der Waals surface area contributed by atoms with Gasteiger partial charge in [0, 0.05) is 23.5 Å². The van der Waals surface area contributed by atoms with Crippen LogP contribution in [0.1, 0.15) is 29.8 Å². The molecule has 0 fully saturated rings. The number of pyridine rings is 2. The summed E-state index contributed by atoms with van der Waals surface area (Å²) >= 11 is 0. The first-order valence-electron chi connectivity index (χ1n) is 9.95. The highest BCUT2D eigenvalue weighted by atomic mass is 32.2. The number of benzene rings is 1. The SMILES string of the molecule is CCS(=O)(=O)c1cc(-c2ccc(C(C)=O)cc2)cnc1-n1nc2ccc(C(F)(F)F)cn2c1=O. The number of ketones is 1. The summed E-state index contributed by atoms with van der Waals surface area (Å²) in [5, 5.41) is 3.98. The maximum absolute atomic E-state index is 13.1. The first kappa shape index (κ1) is 23.4. The number of halogens is 3. The molecule has 0 aliphatic heterocycles. The van der Waals surface area contributed by atoms with Crippen molar-refractivity contribution in [2.24, 2.45) is 0 Å². The minimum Gasteiger partial charge on any atom is -0.295 e. The van der Waals surface area contributed by atoms with Crippen molar-refractivity contribution in [2.75, 3.05) is 5.75 Å². The van der Waals surface area contributed by atoms with Crippen molar-refractivity contribution in [3.8, 4) is 16.9 Å². The van der Waals surface area contributed by atoms with E-state index in [2.05, 4.69) is 10.1 Å². The highest BCUT2D eigenvalue weighted by Crippen LogP contribution is 2.29. The van der Waals surface area contributed by atoms with Crippen molar-refractivity contribution in [1.82, 2.24) is 19.2 Å². The number of Topliss-reactive ketones (excluding diaryl/α,β-unsaturated/α-hetero) is 1. The third kappa shape index (κ3) is 4.12. The second kappa shape index (κ2) is 8.20. The number of aromatic nitrogens is 4. The van der Waals surface area contributed by atoms with Crippen LogP contribution in [0.15, 0.2) is 64.5 Å². The monoisotopic (exact) mass is 490 g/mol. The lowest BCUT2D eigenvalue weighted by atomic mass is 10.0. The number of nitrogens with zero attached hydrogens (tertiary/aromatic N) is 4. The van der Waals surface area contributed by atoms with Gasteiger partial charge >= 0.3 is 11.9 Å². The average Bonchev–Trinajstić information content (AvgIpc) is 3.14. The van der Waals surface area contributed by atoms with Gasteiger partial charge in [-0.25, -0.2) is 22.6 Å². The molecule has 3 aromatic heterocycles. The summed E-state index contributed by atoms with van der Waals surface area (Å²) in [5.74, 6) is -0.767. The number of carbonyl (C=O) groups is 1. The van der Waals surface area contributed by atoms with Gasteiger partial charge in [0.1, 0.15) is 4.90 Å². The highest BCUT2D eigenvalue weighted by Gasteiger charge is 2.31. The molecule has 0 amide bonds. The molecular weight excluding hydrogens is 473 g/mol. The number of carbonyl (C=O) groups excluding carboxylic acids is 1. The Hall–Kier alpha value is -3.80.